The normalized spacial score (nSPS) is 17.9. The fraction of sp³-hybridized carbons (Fsp3) is 0.571. The van der Waals surface area contributed by atoms with Crippen LogP contribution in [0.3, 0.4) is 0 Å². The van der Waals surface area contributed by atoms with Crippen molar-refractivity contribution in [3.63, 3.8) is 0 Å². The Balaban J connectivity index is 0.000000256. The van der Waals surface area contributed by atoms with Gasteiger partial charge in [0.1, 0.15) is 4.88 Å². The molecule has 3 unspecified atom stereocenters. The monoisotopic (exact) mass is 997 g/mol. The number of Topliss-reactive ketones (excluding diaryl/α,β-unsaturated/α-hetero) is 1. The number of amides is 3. The minimum absolute atomic E-state index is 0.0220. The number of anilines is 3. The lowest BCUT2D eigenvalue weighted by atomic mass is 9.98. The van der Waals surface area contributed by atoms with Gasteiger partial charge in [-0.25, -0.2) is 0 Å². The molecule has 3 atom stereocenters. The Hall–Kier alpha value is -1.64. The van der Waals surface area contributed by atoms with Crippen molar-refractivity contribution in [2.24, 2.45) is 17.8 Å². The lowest BCUT2D eigenvalue weighted by Gasteiger charge is -2.24. The Morgan fingerprint density at radius 1 is 0.491 bits per heavy atom. The van der Waals surface area contributed by atoms with Crippen molar-refractivity contribution in [1.29, 1.82) is 0 Å². The predicted molar refractivity (Wildman–Crippen MR) is 244 cm³/mol. The maximum atomic E-state index is 14.1. The summed E-state index contributed by atoms with van der Waals surface area (Å²) in [4.78, 5) is 60.1. The fourth-order valence-corrected chi connectivity index (χ4v) is 13.0. The number of carbonyl (C=O) groups excluding carboxylic acids is 4. The van der Waals surface area contributed by atoms with Crippen LogP contribution in [0.15, 0.2) is 29.6 Å². The molecule has 0 spiro atoms. The van der Waals surface area contributed by atoms with Crippen LogP contribution in [0.1, 0.15) is 138 Å². The van der Waals surface area contributed by atoms with Crippen LogP contribution in [-0.2, 0) is 14.4 Å². The standard InChI is InChI=1S/C28H36Br2N2O2S2.C14H18BrNO2S/c1-5-9-11-17(7-3)13-31-23-19(29)15-35-25(23)21(27(31)33)22-26-24(20(30)16-36-26)32(28(22)34)14-18(8-4)12-10-6-2;1-3-5-6-9(4-2)7-16-11-10(15)8-19-13(11)12(17)14(16)18/h15-18H,5-14H2,1-4H3;8-9H,3-7H2,1-2H3/b22-21+;. The summed E-state index contributed by atoms with van der Waals surface area (Å²) in [5, 5.41) is 5.99. The van der Waals surface area contributed by atoms with E-state index in [1.807, 2.05) is 15.2 Å². The van der Waals surface area contributed by atoms with E-state index in [1.165, 1.54) is 30.6 Å². The molecule has 0 aromatic carbocycles. The first-order valence-electron chi connectivity index (χ1n) is 20.0. The molecule has 3 aromatic rings. The molecule has 13 heteroatoms. The second kappa shape index (κ2) is 20.4. The molecule has 300 valence electrons. The molecule has 0 bridgehead atoms. The highest BCUT2D eigenvalue weighted by Gasteiger charge is 2.46. The lowest BCUT2D eigenvalue weighted by molar-refractivity contribution is -0.114. The van der Waals surface area contributed by atoms with Crippen LogP contribution in [0, 0.1) is 17.8 Å². The Morgan fingerprint density at radius 2 is 0.800 bits per heavy atom. The Labute approximate surface area is 364 Å². The molecule has 0 fully saturated rings. The van der Waals surface area contributed by atoms with Crippen LogP contribution >= 0.6 is 81.8 Å². The summed E-state index contributed by atoms with van der Waals surface area (Å²) < 4.78 is 2.74. The van der Waals surface area contributed by atoms with Crippen LogP contribution in [0.4, 0.5) is 17.1 Å². The molecule has 6 heterocycles. The van der Waals surface area contributed by atoms with Crippen molar-refractivity contribution in [2.75, 3.05) is 34.3 Å². The molecule has 3 amide bonds. The lowest BCUT2D eigenvalue weighted by Crippen LogP contribution is -2.34. The van der Waals surface area contributed by atoms with Gasteiger partial charge in [-0.1, -0.05) is 99.3 Å². The van der Waals surface area contributed by atoms with E-state index in [4.69, 9.17) is 0 Å². The summed E-state index contributed by atoms with van der Waals surface area (Å²) in [5.74, 6) is 0.605. The number of ketones is 1. The van der Waals surface area contributed by atoms with Crippen LogP contribution in [0.25, 0.3) is 11.1 Å². The number of nitrogens with zero attached hydrogens (tertiary/aromatic N) is 3. The number of halogens is 3. The average molecular weight is 1000 g/mol. The van der Waals surface area contributed by atoms with Crippen LogP contribution in [-0.4, -0.2) is 43.1 Å². The minimum atomic E-state index is -0.363. The highest BCUT2D eigenvalue weighted by Crippen LogP contribution is 2.54. The Kier molecular flexibility index (Phi) is 16.5. The van der Waals surface area contributed by atoms with Crippen molar-refractivity contribution in [2.45, 2.75) is 119 Å². The molecule has 55 heavy (non-hydrogen) atoms. The molecule has 7 nitrogen and oxygen atoms in total. The van der Waals surface area contributed by atoms with Gasteiger partial charge in [0.2, 0.25) is 0 Å². The van der Waals surface area contributed by atoms with Gasteiger partial charge in [-0.15, -0.1) is 34.0 Å². The van der Waals surface area contributed by atoms with E-state index >= 15 is 0 Å². The summed E-state index contributed by atoms with van der Waals surface area (Å²) >= 11 is 15.3. The SMILES string of the molecule is CCCCC(CC)CN1C(=O)/C(=C2/C(=O)N(CC(CC)CCCC)c3c(Br)csc32)c2scc(Br)c21.CCCCC(CC)CN1C(=O)C(=O)c2scc(Br)c21. The Bertz CT molecular complexity index is 1810. The first kappa shape index (κ1) is 44.5. The smallest absolute Gasteiger partial charge is 0.300 e. The highest BCUT2D eigenvalue weighted by molar-refractivity contribution is 9.11. The largest absolute Gasteiger partial charge is 0.305 e. The van der Waals surface area contributed by atoms with Crippen molar-refractivity contribution in [3.8, 4) is 0 Å². The van der Waals surface area contributed by atoms with Crippen molar-refractivity contribution >= 4 is 134 Å². The number of hydrogen-bond acceptors (Lipinski definition) is 7. The molecule has 0 saturated carbocycles. The summed E-state index contributed by atoms with van der Waals surface area (Å²) in [6, 6.07) is 0. The van der Waals surface area contributed by atoms with Crippen molar-refractivity contribution < 1.29 is 19.2 Å². The van der Waals surface area contributed by atoms with Gasteiger partial charge in [0.05, 0.1) is 51.4 Å². The van der Waals surface area contributed by atoms with E-state index in [-0.39, 0.29) is 23.5 Å². The van der Waals surface area contributed by atoms with Gasteiger partial charge >= 0.3 is 0 Å². The van der Waals surface area contributed by atoms with Crippen LogP contribution < -0.4 is 14.7 Å². The highest BCUT2D eigenvalue weighted by atomic mass is 79.9. The van der Waals surface area contributed by atoms with E-state index in [9.17, 15) is 19.2 Å². The number of unbranched alkanes of at least 4 members (excludes halogenated alkanes) is 3. The molecule has 0 saturated heterocycles. The van der Waals surface area contributed by atoms with E-state index in [0.29, 0.717) is 53.4 Å². The molecule has 3 aliphatic heterocycles. The van der Waals surface area contributed by atoms with Gasteiger partial charge in [0, 0.05) is 35.8 Å². The summed E-state index contributed by atoms with van der Waals surface area (Å²) in [5.41, 5.74) is 3.86. The molecule has 6 rings (SSSR count). The number of fused-ring (bicyclic) bond motifs is 3. The maximum Gasteiger partial charge on any atom is 0.300 e. The summed E-state index contributed by atoms with van der Waals surface area (Å²) in [6.07, 6.45) is 13.4. The topological polar surface area (TPSA) is 78.0 Å². The molecular formula is C42H54Br3N3O4S3. The Morgan fingerprint density at radius 3 is 1.13 bits per heavy atom. The molecule has 0 radical (unpaired) electrons. The second-order valence-electron chi connectivity index (χ2n) is 14.9. The van der Waals surface area contributed by atoms with Gasteiger partial charge in [-0.3, -0.25) is 19.2 Å². The van der Waals surface area contributed by atoms with Crippen LogP contribution in [0.5, 0.6) is 0 Å². The summed E-state index contributed by atoms with van der Waals surface area (Å²) in [7, 11) is 0. The van der Waals surface area contributed by atoms with Crippen molar-refractivity contribution in [1.82, 2.24) is 0 Å². The average Bonchev–Trinajstić information content (AvgIpc) is 4.01. The zero-order valence-electron chi connectivity index (χ0n) is 32.9. The third-order valence-corrected chi connectivity index (χ3v) is 16.9. The number of rotatable bonds is 18. The van der Waals surface area contributed by atoms with Crippen LogP contribution in [0.2, 0.25) is 0 Å². The number of hydrogen-bond donors (Lipinski definition) is 0. The van der Waals surface area contributed by atoms with Gasteiger partial charge in [-0.05, 0) is 84.8 Å². The third kappa shape index (κ3) is 9.32. The molecule has 3 aliphatic rings. The summed E-state index contributed by atoms with van der Waals surface area (Å²) in [6.45, 7) is 15.2. The molecular weight excluding hydrogens is 946 g/mol. The molecule has 0 aliphatic carbocycles. The minimum Gasteiger partial charge on any atom is -0.305 e. The van der Waals surface area contributed by atoms with Gasteiger partial charge in [0.25, 0.3) is 23.5 Å². The van der Waals surface area contributed by atoms with Gasteiger partial charge < -0.3 is 14.7 Å². The quantitative estimate of drug-likeness (QED) is 0.0939. The first-order valence-corrected chi connectivity index (χ1v) is 25.0. The van der Waals surface area contributed by atoms with E-state index < -0.39 is 0 Å². The maximum absolute atomic E-state index is 14.1. The second-order valence-corrected chi connectivity index (χ2v) is 20.1. The third-order valence-electron chi connectivity index (χ3n) is 11.2. The van der Waals surface area contributed by atoms with Crippen molar-refractivity contribution in [3.05, 3.63) is 44.2 Å². The van der Waals surface area contributed by atoms with E-state index in [1.54, 1.807) is 27.6 Å². The zero-order chi connectivity index (χ0) is 40.0. The predicted octanol–water partition coefficient (Wildman–Crippen LogP) is 13.6. The van der Waals surface area contributed by atoms with Gasteiger partial charge in [0.15, 0.2) is 0 Å². The van der Waals surface area contributed by atoms with E-state index in [2.05, 4.69) is 100 Å². The molecule has 3 aromatic heterocycles. The zero-order valence-corrected chi connectivity index (χ0v) is 40.1. The molecule has 0 N–H and O–H groups in total. The number of thiophene rings is 3. The van der Waals surface area contributed by atoms with E-state index in [0.717, 1.165) is 98.0 Å². The number of carbonyl (C=O) groups is 4. The first-order chi connectivity index (χ1) is 26.5. The fourth-order valence-electron chi connectivity index (χ4n) is 7.74. The van der Waals surface area contributed by atoms with Gasteiger partial charge in [-0.2, -0.15) is 0 Å².